The van der Waals surface area contributed by atoms with Gasteiger partial charge in [-0.2, -0.15) is 5.26 Å². The highest BCUT2D eigenvalue weighted by molar-refractivity contribution is 7.89. The molecule has 6 heteroatoms. The van der Waals surface area contributed by atoms with Crippen LogP contribution in [0.5, 0.6) is 0 Å². The summed E-state index contributed by atoms with van der Waals surface area (Å²) in [6.45, 7) is 2.53. The quantitative estimate of drug-likeness (QED) is 0.929. The lowest BCUT2D eigenvalue weighted by Gasteiger charge is -2.28. The molecule has 0 saturated heterocycles. The molecule has 2 atom stereocenters. The van der Waals surface area contributed by atoms with Crippen LogP contribution in [-0.4, -0.2) is 15.0 Å². The Balaban J connectivity index is 2.10. The lowest BCUT2D eigenvalue weighted by Crippen LogP contribution is -2.33. The fourth-order valence-electron chi connectivity index (χ4n) is 2.75. The van der Waals surface area contributed by atoms with Crippen LogP contribution in [0.3, 0.4) is 0 Å². The van der Waals surface area contributed by atoms with Crippen molar-refractivity contribution in [1.29, 1.82) is 5.26 Å². The van der Waals surface area contributed by atoms with E-state index in [1.54, 1.807) is 6.07 Å². The summed E-state index contributed by atoms with van der Waals surface area (Å²) in [5.74, 6) is 0.131. The van der Waals surface area contributed by atoms with Gasteiger partial charge in [0.1, 0.15) is 11.9 Å². The molecule has 0 aliphatic heterocycles. The highest BCUT2D eigenvalue weighted by Gasteiger charge is 2.24. The van der Waals surface area contributed by atoms with Crippen LogP contribution in [-0.2, 0) is 10.0 Å². The molecule has 1 saturated carbocycles. The summed E-state index contributed by atoms with van der Waals surface area (Å²) in [6.07, 6.45) is 4.48. The monoisotopic (exact) mass is 310 g/mol. The zero-order chi connectivity index (χ0) is 15.5. The molecule has 2 rings (SSSR count). The molecule has 0 spiro atoms. The van der Waals surface area contributed by atoms with E-state index < -0.39 is 15.8 Å². The van der Waals surface area contributed by atoms with Crippen LogP contribution < -0.4 is 4.72 Å². The summed E-state index contributed by atoms with van der Waals surface area (Å²) in [6, 6.07) is 4.92. The number of nitrogens with one attached hydrogen (secondary N) is 1. The SMILES string of the molecule is CC1CCCCC1CNS(=O)(=O)c1ccc(F)c(C#N)c1. The molecule has 1 aliphatic carbocycles. The van der Waals surface area contributed by atoms with Gasteiger partial charge in [-0.1, -0.05) is 26.2 Å². The van der Waals surface area contributed by atoms with Crippen LogP contribution in [0.1, 0.15) is 38.2 Å². The van der Waals surface area contributed by atoms with Gasteiger partial charge in [-0.3, -0.25) is 0 Å². The zero-order valence-corrected chi connectivity index (χ0v) is 12.8. The smallest absolute Gasteiger partial charge is 0.211 e. The molecule has 1 aliphatic rings. The first kappa shape index (κ1) is 15.9. The van der Waals surface area contributed by atoms with Crippen LogP contribution in [0, 0.1) is 29.0 Å². The van der Waals surface area contributed by atoms with E-state index in [2.05, 4.69) is 11.6 Å². The minimum atomic E-state index is -3.70. The topological polar surface area (TPSA) is 70.0 Å². The molecule has 0 bridgehead atoms. The number of nitrogens with zero attached hydrogens (tertiary/aromatic N) is 1. The second kappa shape index (κ2) is 6.54. The number of sulfonamides is 1. The van der Waals surface area contributed by atoms with Gasteiger partial charge in [-0.05, 0) is 36.5 Å². The molecule has 1 aromatic carbocycles. The first-order chi connectivity index (χ1) is 9.94. The van der Waals surface area contributed by atoms with Crippen LogP contribution in [0.25, 0.3) is 0 Å². The van der Waals surface area contributed by atoms with Gasteiger partial charge >= 0.3 is 0 Å². The Labute approximate surface area is 125 Å². The van der Waals surface area contributed by atoms with E-state index in [-0.39, 0.29) is 10.5 Å². The Hall–Kier alpha value is -1.45. The van der Waals surface area contributed by atoms with E-state index in [4.69, 9.17) is 5.26 Å². The third kappa shape index (κ3) is 3.80. The van der Waals surface area contributed by atoms with Crippen molar-refractivity contribution in [2.24, 2.45) is 11.8 Å². The number of rotatable bonds is 4. The number of benzene rings is 1. The number of hydrogen-bond donors (Lipinski definition) is 1. The van der Waals surface area contributed by atoms with Gasteiger partial charge in [0.05, 0.1) is 10.5 Å². The normalized spacial score (nSPS) is 22.7. The van der Waals surface area contributed by atoms with Crippen LogP contribution in [0.15, 0.2) is 23.1 Å². The molecule has 2 unspecified atom stereocenters. The second-order valence-corrected chi connectivity index (χ2v) is 7.39. The molecule has 4 nitrogen and oxygen atoms in total. The number of halogens is 1. The first-order valence-corrected chi connectivity index (χ1v) is 8.61. The highest BCUT2D eigenvalue weighted by atomic mass is 32.2. The average molecular weight is 310 g/mol. The van der Waals surface area contributed by atoms with Crippen molar-refractivity contribution in [3.8, 4) is 6.07 Å². The van der Waals surface area contributed by atoms with Crippen LogP contribution in [0.4, 0.5) is 4.39 Å². The van der Waals surface area contributed by atoms with E-state index in [1.165, 1.54) is 12.5 Å². The standard InChI is InChI=1S/C15H19FN2O2S/c1-11-4-2-3-5-12(11)10-18-21(19,20)14-6-7-15(16)13(8-14)9-17/h6-8,11-12,18H,2-5,10H2,1H3. The highest BCUT2D eigenvalue weighted by Crippen LogP contribution is 2.29. The van der Waals surface area contributed by atoms with Crippen molar-refractivity contribution in [2.45, 2.75) is 37.5 Å². The van der Waals surface area contributed by atoms with E-state index in [0.717, 1.165) is 31.4 Å². The fraction of sp³-hybridized carbons (Fsp3) is 0.533. The van der Waals surface area contributed by atoms with Gasteiger partial charge in [0.2, 0.25) is 10.0 Å². The summed E-state index contributed by atoms with van der Waals surface area (Å²) in [4.78, 5) is -0.0658. The Morgan fingerprint density at radius 3 is 2.76 bits per heavy atom. The summed E-state index contributed by atoms with van der Waals surface area (Å²) in [5.41, 5.74) is -0.260. The van der Waals surface area contributed by atoms with E-state index in [1.807, 2.05) is 0 Å². The van der Waals surface area contributed by atoms with Crippen LogP contribution in [0.2, 0.25) is 0 Å². The summed E-state index contributed by atoms with van der Waals surface area (Å²) in [5, 5.41) is 8.77. The third-order valence-corrected chi connectivity index (χ3v) is 5.61. The molecular formula is C15H19FN2O2S. The molecule has 0 aromatic heterocycles. The Morgan fingerprint density at radius 2 is 2.10 bits per heavy atom. The van der Waals surface area contributed by atoms with E-state index >= 15 is 0 Å². The largest absolute Gasteiger partial charge is 0.240 e. The van der Waals surface area contributed by atoms with Crippen molar-refractivity contribution in [1.82, 2.24) is 4.72 Å². The first-order valence-electron chi connectivity index (χ1n) is 7.13. The maximum atomic E-state index is 13.2. The van der Waals surface area contributed by atoms with Crippen molar-refractivity contribution in [3.05, 3.63) is 29.6 Å². The molecule has 1 N–H and O–H groups in total. The van der Waals surface area contributed by atoms with Crippen molar-refractivity contribution < 1.29 is 12.8 Å². The van der Waals surface area contributed by atoms with E-state index in [9.17, 15) is 12.8 Å². The molecule has 1 fully saturated rings. The number of hydrogen-bond acceptors (Lipinski definition) is 3. The van der Waals surface area contributed by atoms with Gasteiger partial charge in [0.25, 0.3) is 0 Å². The van der Waals surface area contributed by atoms with Crippen molar-refractivity contribution in [2.75, 3.05) is 6.54 Å². The maximum absolute atomic E-state index is 13.2. The van der Waals surface area contributed by atoms with E-state index in [0.29, 0.717) is 18.4 Å². The van der Waals surface area contributed by atoms with Crippen LogP contribution >= 0.6 is 0 Å². The summed E-state index contributed by atoms with van der Waals surface area (Å²) < 4.78 is 40.3. The summed E-state index contributed by atoms with van der Waals surface area (Å²) >= 11 is 0. The Kier molecular flexibility index (Phi) is 4.96. The summed E-state index contributed by atoms with van der Waals surface area (Å²) in [7, 11) is -3.70. The zero-order valence-electron chi connectivity index (χ0n) is 12.0. The predicted octanol–water partition coefficient (Wildman–Crippen LogP) is 2.80. The van der Waals surface area contributed by atoms with Crippen molar-refractivity contribution in [3.63, 3.8) is 0 Å². The minimum Gasteiger partial charge on any atom is -0.211 e. The van der Waals surface area contributed by atoms with Gasteiger partial charge < -0.3 is 0 Å². The third-order valence-electron chi connectivity index (χ3n) is 4.19. The lowest BCUT2D eigenvalue weighted by molar-refractivity contribution is 0.257. The predicted molar refractivity (Wildman–Crippen MR) is 77.4 cm³/mol. The maximum Gasteiger partial charge on any atom is 0.240 e. The average Bonchev–Trinajstić information content (AvgIpc) is 2.46. The van der Waals surface area contributed by atoms with Gasteiger partial charge in [0, 0.05) is 6.54 Å². The fourth-order valence-corrected chi connectivity index (χ4v) is 3.87. The molecule has 1 aromatic rings. The van der Waals surface area contributed by atoms with Gasteiger partial charge in [-0.25, -0.2) is 17.5 Å². The lowest BCUT2D eigenvalue weighted by atomic mass is 9.81. The molecule has 0 amide bonds. The number of nitriles is 1. The second-order valence-electron chi connectivity index (χ2n) is 5.63. The Bertz CT molecular complexity index is 652. The molecule has 114 valence electrons. The minimum absolute atomic E-state index is 0.0658. The van der Waals surface area contributed by atoms with Gasteiger partial charge in [-0.15, -0.1) is 0 Å². The molecule has 0 radical (unpaired) electrons. The van der Waals surface area contributed by atoms with Gasteiger partial charge in [0.15, 0.2) is 0 Å². The van der Waals surface area contributed by atoms with Crippen molar-refractivity contribution >= 4 is 10.0 Å². The molecule has 21 heavy (non-hydrogen) atoms. The Morgan fingerprint density at radius 1 is 1.38 bits per heavy atom. The molecule has 0 heterocycles. The molecular weight excluding hydrogens is 291 g/mol.